The second-order valence-electron chi connectivity index (χ2n) is 8.19. The molecule has 2 saturated carbocycles. The van der Waals surface area contributed by atoms with E-state index in [-0.39, 0.29) is 18.6 Å². The average Bonchev–Trinajstić information content (AvgIpc) is 2.64. The first-order valence-corrected chi connectivity index (χ1v) is 9.98. The van der Waals surface area contributed by atoms with Gasteiger partial charge in [-0.1, -0.05) is 19.8 Å². The standard InChI is InChI=1S/C21H26F4O3.H2O.H2/c1-13-2-4-14(5-3-13)15-6-8-16(9-7-15)20(26)27-17-10-11-19(18(22)12-17)28-21(23,24)25;;/h10-16H,2-9H2,1H3;1H2;1H. The number of benzene rings is 1. The highest BCUT2D eigenvalue weighted by Gasteiger charge is 2.34. The molecule has 1 aromatic carbocycles. The van der Waals surface area contributed by atoms with E-state index in [1.54, 1.807) is 0 Å². The minimum atomic E-state index is -4.98. The highest BCUT2D eigenvalue weighted by Crippen LogP contribution is 2.41. The summed E-state index contributed by atoms with van der Waals surface area (Å²) in [6.45, 7) is 2.30. The maximum atomic E-state index is 13.7. The Kier molecular flexibility index (Phi) is 7.91. The summed E-state index contributed by atoms with van der Waals surface area (Å²) in [5.74, 6) is -0.743. The predicted octanol–water partition coefficient (Wildman–Crippen LogP) is 5.68. The van der Waals surface area contributed by atoms with Gasteiger partial charge in [0.15, 0.2) is 11.6 Å². The van der Waals surface area contributed by atoms with Crippen LogP contribution >= 0.6 is 0 Å². The van der Waals surface area contributed by atoms with E-state index >= 15 is 0 Å². The minimum Gasteiger partial charge on any atom is -0.426 e. The Morgan fingerprint density at radius 2 is 1.55 bits per heavy atom. The molecule has 3 rings (SSSR count). The third-order valence-corrected chi connectivity index (χ3v) is 6.18. The fourth-order valence-electron chi connectivity index (χ4n) is 4.54. The van der Waals surface area contributed by atoms with Crippen LogP contribution in [0.15, 0.2) is 18.2 Å². The van der Waals surface area contributed by atoms with Crippen LogP contribution < -0.4 is 9.47 Å². The Balaban J connectivity index is 0.00000225. The van der Waals surface area contributed by atoms with Crippen molar-refractivity contribution in [1.29, 1.82) is 0 Å². The summed E-state index contributed by atoms with van der Waals surface area (Å²) in [6.07, 6.45) is 3.60. The summed E-state index contributed by atoms with van der Waals surface area (Å²) in [7, 11) is 0. The molecule has 2 aliphatic carbocycles. The number of hydrogen-bond acceptors (Lipinski definition) is 3. The van der Waals surface area contributed by atoms with Crippen LogP contribution in [-0.2, 0) is 4.79 Å². The Morgan fingerprint density at radius 3 is 2.07 bits per heavy atom. The van der Waals surface area contributed by atoms with Crippen molar-refractivity contribution in [3.63, 3.8) is 0 Å². The Bertz CT molecular complexity index is 682. The fraction of sp³-hybridized carbons (Fsp3) is 0.667. The smallest absolute Gasteiger partial charge is 0.426 e. The van der Waals surface area contributed by atoms with Crippen LogP contribution in [0.2, 0.25) is 0 Å². The molecular formula is C21H30F4O4. The van der Waals surface area contributed by atoms with Crippen molar-refractivity contribution in [2.75, 3.05) is 0 Å². The van der Waals surface area contributed by atoms with Gasteiger partial charge in [0.1, 0.15) is 5.75 Å². The second kappa shape index (κ2) is 9.78. The van der Waals surface area contributed by atoms with Crippen LogP contribution in [0.5, 0.6) is 11.5 Å². The molecule has 1 aromatic rings. The maximum Gasteiger partial charge on any atom is 0.573 e. The lowest BCUT2D eigenvalue weighted by Gasteiger charge is -2.36. The van der Waals surface area contributed by atoms with Crippen molar-refractivity contribution in [1.82, 2.24) is 0 Å². The van der Waals surface area contributed by atoms with E-state index in [9.17, 15) is 22.4 Å². The molecule has 2 fully saturated rings. The van der Waals surface area contributed by atoms with Crippen LogP contribution in [-0.4, -0.2) is 17.8 Å². The third kappa shape index (κ3) is 6.59. The van der Waals surface area contributed by atoms with Gasteiger partial charge in [0.2, 0.25) is 0 Å². The first-order valence-electron chi connectivity index (χ1n) is 9.98. The molecule has 0 bridgehead atoms. The maximum absolute atomic E-state index is 13.7. The van der Waals surface area contributed by atoms with E-state index in [0.717, 1.165) is 55.7 Å². The Labute approximate surface area is 169 Å². The number of alkyl halides is 3. The largest absolute Gasteiger partial charge is 0.573 e. The number of rotatable bonds is 4. The van der Waals surface area contributed by atoms with Crippen molar-refractivity contribution >= 4 is 5.97 Å². The number of ether oxygens (including phenoxy) is 2. The van der Waals surface area contributed by atoms with Crippen LogP contribution in [0.3, 0.4) is 0 Å². The van der Waals surface area contributed by atoms with Crippen LogP contribution in [0.1, 0.15) is 59.7 Å². The topological polar surface area (TPSA) is 67.0 Å². The van der Waals surface area contributed by atoms with Crippen molar-refractivity contribution in [3.05, 3.63) is 24.0 Å². The molecule has 0 aromatic heterocycles. The van der Waals surface area contributed by atoms with E-state index in [2.05, 4.69) is 11.7 Å². The zero-order valence-corrected chi connectivity index (χ0v) is 16.4. The normalized spacial score (nSPS) is 27.6. The first kappa shape index (κ1) is 23.4. The van der Waals surface area contributed by atoms with E-state index in [0.29, 0.717) is 5.92 Å². The molecule has 0 amide bonds. The second-order valence-corrected chi connectivity index (χ2v) is 8.19. The highest BCUT2D eigenvalue weighted by molar-refractivity contribution is 5.75. The summed E-state index contributed by atoms with van der Waals surface area (Å²) >= 11 is 0. The molecule has 2 N–H and O–H groups in total. The summed E-state index contributed by atoms with van der Waals surface area (Å²) < 4.78 is 59.1. The molecule has 0 atom stereocenters. The number of carbonyl (C=O) groups is 1. The fourth-order valence-corrected chi connectivity index (χ4v) is 4.54. The van der Waals surface area contributed by atoms with Gasteiger partial charge in [-0.3, -0.25) is 4.79 Å². The molecule has 0 radical (unpaired) electrons. The molecule has 166 valence electrons. The molecule has 0 unspecified atom stereocenters. The van der Waals surface area contributed by atoms with Gasteiger partial charge in [0, 0.05) is 7.49 Å². The monoisotopic (exact) mass is 422 g/mol. The summed E-state index contributed by atoms with van der Waals surface area (Å²) in [4.78, 5) is 12.4. The number of esters is 1. The SMILES string of the molecule is CC1CCC(C2CCC(C(=O)Oc3ccc(OC(F)(F)F)c(F)c3)CC2)CC1.O.[HH]. The third-order valence-electron chi connectivity index (χ3n) is 6.18. The van der Waals surface area contributed by atoms with E-state index < -0.39 is 23.9 Å². The van der Waals surface area contributed by atoms with Gasteiger partial charge < -0.3 is 14.9 Å². The zero-order chi connectivity index (χ0) is 20.3. The first-order chi connectivity index (χ1) is 13.2. The van der Waals surface area contributed by atoms with Gasteiger partial charge in [0.05, 0.1) is 5.92 Å². The van der Waals surface area contributed by atoms with Crippen molar-refractivity contribution < 1.29 is 38.7 Å². The van der Waals surface area contributed by atoms with E-state index in [4.69, 9.17) is 4.74 Å². The van der Waals surface area contributed by atoms with Crippen LogP contribution in [0.4, 0.5) is 17.6 Å². The van der Waals surface area contributed by atoms with Crippen molar-refractivity contribution in [3.8, 4) is 11.5 Å². The molecular weight excluding hydrogens is 392 g/mol. The van der Waals surface area contributed by atoms with Gasteiger partial charge in [-0.15, -0.1) is 13.2 Å². The van der Waals surface area contributed by atoms with Gasteiger partial charge in [-0.2, -0.15) is 0 Å². The Hall–Kier alpha value is -1.83. The van der Waals surface area contributed by atoms with Gasteiger partial charge in [0.25, 0.3) is 0 Å². The predicted molar refractivity (Wildman–Crippen MR) is 101 cm³/mol. The molecule has 0 aliphatic heterocycles. The van der Waals surface area contributed by atoms with Crippen LogP contribution in [0, 0.1) is 29.5 Å². The Morgan fingerprint density at radius 1 is 1.00 bits per heavy atom. The summed E-state index contributed by atoms with van der Waals surface area (Å²) in [5.41, 5.74) is 0. The summed E-state index contributed by atoms with van der Waals surface area (Å²) in [6, 6.07) is 2.66. The number of hydrogen-bond donors (Lipinski definition) is 0. The number of carbonyl (C=O) groups excluding carboxylic acids is 1. The van der Waals surface area contributed by atoms with Gasteiger partial charge >= 0.3 is 12.3 Å². The quantitative estimate of drug-likeness (QED) is 0.356. The lowest BCUT2D eigenvalue weighted by Crippen LogP contribution is -2.29. The number of halogens is 4. The molecule has 29 heavy (non-hydrogen) atoms. The zero-order valence-electron chi connectivity index (χ0n) is 16.4. The molecule has 0 spiro atoms. The van der Waals surface area contributed by atoms with E-state index in [1.807, 2.05) is 0 Å². The van der Waals surface area contributed by atoms with Gasteiger partial charge in [-0.25, -0.2) is 4.39 Å². The minimum absolute atomic E-state index is 0. The lowest BCUT2D eigenvalue weighted by molar-refractivity contribution is -0.275. The van der Waals surface area contributed by atoms with E-state index in [1.165, 1.54) is 25.7 Å². The average molecular weight is 422 g/mol. The molecule has 2 aliphatic rings. The molecule has 4 nitrogen and oxygen atoms in total. The van der Waals surface area contributed by atoms with Crippen LogP contribution in [0.25, 0.3) is 0 Å². The van der Waals surface area contributed by atoms with Crippen molar-refractivity contribution in [2.24, 2.45) is 23.7 Å². The molecule has 8 heteroatoms. The van der Waals surface area contributed by atoms with Crippen molar-refractivity contribution in [2.45, 2.75) is 64.7 Å². The summed E-state index contributed by atoms with van der Waals surface area (Å²) in [5, 5.41) is 0. The highest BCUT2D eigenvalue weighted by atomic mass is 19.4. The van der Waals surface area contributed by atoms with Gasteiger partial charge in [-0.05, 0) is 68.4 Å². The molecule has 0 heterocycles. The molecule has 0 saturated heterocycles. The lowest BCUT2D eigenvalue weighted by atomic mass is 9.69.